The van der Waals surface area contributed by atoms with Gasteiger partial charge in [-0.25, -0.2) is 4.98 Å². The van der Waals surface area contributed by atoms with Gasteiger partial charge in [0.15, 0.2) is 0 Å². The van der Waals surface area contributed by atoms with E-state index in [4.69, 9.17) is 4.74 Å². The Morgan fingerprint density at radius 2 is 2.64 bits per heavy atom. The van der Waals surface area contributed by atoms with E-state index in [1.807, 2.05) is 6.92 Å². The van der Waals surface area contributed by atoms with Crippen LogP contribution in [-0.4, -0.2) is 24.0 Å². The fraction of sp³-hybridized carbons (Fsp3) is 0.429. The molecular formula is C7H9NO2S. The second-order valence-corrected chi connectivity index (χ2v) is 2.65. The highest BCUT2D eigenvalue weighted by molar-refractivity contribution is 7.07. The van der Waals surface area contributed by atoms with Crippen molar-refractivity contribution in [1.82, 2.24) is 4.98 Å². The van der Waals surface area contributed by atoms with Crippen LogP contribution in [0.2, 0.25) is 0 Å². The van der Waals surface area contributed by atoms with Crippen LogP contribution in [0.3, 0.4) is 0 Å². The van der Waals surface area contributed by atoms with E-state index in [2.05, 4.69) is 4.98 Å². The highest BCUT2D eigenvalue weighted by Crippen LogP contribution is 2.01. The van der Waals surface area contributed by atoms with Crippen molar-refractivity contribution in [2.75, 3.05) is 13.2 Å². The lowest BCUT2D eigenvalue weighted by Gasteiger charge is -1.95. The van der Waals surface area contributed by atoms with E-state index in [1.165, 1.54) is 11.3 Å². The standard InChI is InChI=1S/C7H9NO2S/c1-2-10-3-7(9)6-4-11-5-8-6/h4-5H,2-3H2,1H3. The smallest absolute Gasteiger partial charge is 0.207 e. The molecule has 11 heavy (non-hydrogen) atoms. The van der Waals surface area contributed by atoms with Crippen molar-refractivity contribution in [2.45, 2.75) is 6.92 Å². The van der Waals surface area contributed by atoms with Crippen LogP contribution >= 0.6 is 11.3 Å². The predicted octanol–water partition coefficient (Wildman–Crippen LogP) is 1.36. The molecule has 0 saturated heterocycles. The monoisotopic (exact) mass is 171 g/mol. The molecule has 1 aromatic rings. The maximum atomic E-state index is 11.1. The van der Waals surface area contributed by atoms with Crippen LogP contribution in [0.1, 0.15) is 17.4 Å². The van der Waals surface area contributed by atoms with Gasteiger partial charge in [0.2, 0.25) is 5.78 Å². The minimum atomic E-state index is -0.0481. The molecule has 0 bridgehead atoms. The predicted molar refractivity (Wildman–Crippen MR) is 42.9 cm³/mol. The van der Waals surface area contributed by atoms with Crippen LogP contribution in [0.25, 0.3) is 0 Å². The molecule has 0 unspecified atom stereocenters. The SMILES string of the molecule is CCOCC(=O)c1cscn1. The van der Waals surface area contributed by atoms with E-state index in [0.29, 0.717) is 12.3 Å². The third kappa shape index (κ3) is 2.40. The van der Waals surface area contributed by atoms with Gasteiger partial charge in [-0.1, -0.05) is 0 Å². The molecule has 4 heteroatoms. The minimum Gasteiger partial charge on any atom is -0.374 e. The van der Waals surface area contributed by atoms with E-state index in [-0.39, 0.29) is 12.4 Å². The van der Waals surface area contributed by atoms with Gasteiger partial charge in [-0.3, -0.25) is 4.79 Å². The Labute approximate surface area is 69.0 Å². The number of ether oxygens (including phenoxy) is 1. The maximum absolute atomic E-state index is 11.1. The lowest BCUT2D eigenvalue weighted by molar-refractivity contribution is 0.0779. The summed E-state index contributed by atoms with van der Waals surface area (Å²) in [7, 11) is 0. The van der Waals surface area contributed by atoms with Crippen LogP contribution in [0.15, 0.2) is 10.9 Å². The summed E-state index contributed by atoms with van der Waals surface area (Å²) in [6.07, 6.45) is 0. The number of rotatable bonds is 4. The number of thiazole rings is 1. The molecule has 0 aromatic carbocycles. The molecule has 0 aliphatic rings. The van der Waals surface area contributed by atoms with Gasteiger partial charge in [-0.05, 0) is 6.92 Å². The summed E-state index contributed by atoms with van der Waals surface area (Å²) in [6.45, 7) is 2.56. The van der Waals surface area contributed by atoms with Gasteiger partial charge < -0.3 is 4.74 Å². The first-order valence-electron chi connectivity index (χ1n) is 3.33. The van der Waals surface area contributed by atoms with Gasteiger partial charge >= 0.3 is 0 Å². The number of carbonyl (C=O) groups is 1. The molecule has 0 amide bonds. The van der Waals surface area contributed by atoms with Crippen molar-refractivity contribution < 1.29 is 9.53 Å². The first-order valence-corrected chi connectivity index (χ1v) is 4.28. The number of hydrogen-bond acceptors (Lipinski definition) is 4. The first kappa shape index (κ1) is 8.36. The van der Waals surface area contributed by atoms with E-state index < -0.39 is 0 Å². The van der Waals surface area contributed by atoms with Crippen LogP contribution in [0.4, 0.5) is 0 Å². The molecule has 0 saturated carbocycles. The summed E-state index contributed by atoms with van der Waals surface area (Å²) < 4.78 is 4.93. The Balaban J connectivity index is 2.43. The fourth-order valence-electron chi connectivity index (χ4n) is 0.619. The van der Waals surface area contributed by atoms with Crippen molar-refractivity contribution in [3.63, 3.8) is 0 Å². The van der Waals surface area contributed by atoms with Crippen LogP contribution in [0.5, 0.6) is 0 Å². The lowest BCUT2D eigenvalue weighted by atomic mass is 10.3. The fourth-order valence-corrected chi connectivity index (χ4v) is 1.18. The summed E-state index contributed by atoms with van der Waals surface area (Å²) in [5.41, 5.74) is 2.14. The third-order valence-electron chi connectivity index (χ3n) is 1.16. The molecule has 3 nitrogen and oxygen atoms in total. The maximum Gasteiger partial charge on any atom is 0.207 e. The van der Waals surface area contributed by atoms with Gasteiger partial charge in [-0.15, -0.1) is 11.3 Å². The Kier molecular flexibility index (Phi) is 3.19. The Morgan fingerprint density at radius 1 is 1.82 bits per heavy atom. The quantitative estimate of drug-likeness (QED) is 0.642. The van der Waals surface area contributed by atoms with Gasteiger partial charge in [0, 0.05) is 12.0 Å². The van der Waals surface area contributed by atoms with Crippen molar-refractivity contribution in [2.24, 2.45) is 0 Å². The number of hydrogen-bond donors (Lipinski definition) is 0. The summed E-state index contributed by atoms with van der Waals surface area (Å²) in [5, 5.41) is 1.72. The highest BCUT2D eigenvalue weighted by Gasteiger charge is 2.06. The number of Topliss-reactive ketones (excluding diaryl/α,β-unsaturated/α-hetero) is 1. The van der Waals surface area contributed by atoms with Crippen LogP contribution < -0.4 is 0 Å². The zero-order valence-electron chi connectivity index (χ0n) is 6.24. The Bertz CT molecular complexity index is 220. The van der Waals surface area contributed by atoms with E-state index in [1.54, 1.807) is 10.9 Å². The van der Waals surface area contributed by atoms with E-state index >= 15 is 0 Å². The molecule has 60 valence electrons. The average molecular weight is 171 g/mol. The van der Waals surface area contributed by atoms with Crippen molar-refractivity contribution >= 4 is 17.1 Å². The first-order chi connectivity index (χ1) is 5.34. The molecule has 1 heterocycles. The minimum absolute atomic E-state index is 0.0481. The average Bonchev–Trinajstić information content (AvgIpc) is 2.52. The highest BCUT2D eigenvalue weighted by atomic mass is 32.1. The molecular weight excluding hydrogens is 162 g/mol. The van der Waals surface area contributed by atoms with Crippen LogP contribution in [-0.2, 0) is 4.74 Å². The van der Waals surface area contributed by atoms with Crippen molar-refractivity contribution in [1.29, 1.82) is 0 Å². The Hall–Kier alpha value is -0.740. The molecule has 0 aliphatic heterocycles. The second kappa shape index (κ2) is 4.20. The Morgan fingerprint density at radius 3 is 3.18 bits per heavy atom. The molecule has 0 N–H and O–H groups in total. The van der Waals surface area contributed by atoms with Gasteiger partial charge in [0.05, 0.1) is 5.51 Å². The summed E-state index contributed by atoms with van der Waals surface area (Å²) >= 11 is 1.41. The molecule has 0 aliphatic carbocycles. The lowest BCUT2D eigenvalue weighted by Crippen LogP contribution is -2.08. The summed E-state index contributed by atoms with van der Waals surface area (Å²) in [6, 6.07) is 0. The topological polar surface area (TPSA) is 39.2 Å². The van der Waals surface area contributed by atoms with E-state index in [0.717, 1.165) is 0 Å². The third-order valence-corrected chi connectivity index (χ3v) is 1.74. The number of nitrogens with zero attached hydrogens (tertiary/aromatic N) is 1. The summed E-state index contributed by atoms with van der Waals surface area (Å²) in [4.78, 5) is 14.9. The van der Waals surface area contributed by atoms with Crippen molar-refractivity contribution in [3.05, 3.63) is 16.6 Å². The zero-order valence-corrected chi connectivity index (χ0v) is 7.06. The van der Waals surface area contributed by atoms with Gasteiger partial charge in [0.25, 0.3) is 0 Å². The molecule has 1 rings (SSSR count). The molecule has 0 fully saturated rings. The van der Waals surface area contributed by atoms with Crippen LogP contribution in [0, 0.1) is 0 Å². The summed E-state index contributed by atoms with van der Waals surface area (Å²) in [5.74, 6) is -0.0481. The molecule has 0 atom stereocenters. The molecule has 0 radical (unpaired) electrons. The number of aromatic nitrogens is 1. The van der Waals surface area contributed by atoms with Crippen molar-refractivity contribution in [3.8, 4) is 0 Å². The zero-order chi connectivity index (χ0) is 8.10. The van der Waals surface area contributed by atoms with Gasteiger partial charge in [-0.2, -0.15) is 0 Å². The second-order valence-electron chi connectivity index (χ2n) is 1.93. The molecule has 0 spiro atoms. The number of ketones is 1. The van der Waals surface area contributed by atoms with E-state index in [9.17, 15) is 4.79 Å². The molecule has 1 aromatic heterocycles. The normalized spacial score (nSPS) is 9.91. The largest absolute Gasteiger partial charge is 0.374 e. The van der Waals surface area contributed by atoms with Gasteiger partial charge in [0.1, 0.15) is 12.3 Å². The number of carbonyl (C=O) groups excluding carboxylic acids is 1.